The Hall–Kier alpha value is -3.39. The van der Waals surface area contributed by atoms with Crippen molar-refractivity contribution < 1.29 is 4.42 Å². The lowest BCUT2D eigenvalue weighted by molar-refractivity contribution is 0.453. The van der Waals surface area contributed by atoms with Gasteiger partial charge in [0.1, 0.15) is 5.76 Å². The molecular formula is C23H21N5O2S. The Morgan fingerprint density at radius 2 is 1.84 bits per heavy atom. The van der Waals surface area contributed by atoms with Crippen molar-refractivity contribution in [1.29, 1.82) is 0 Å². The topological polar surface area (TPSA) is 78.2 Å². The van der Waals surface area contributed by atoms with Crippen LogP contribution >= 0.6 is 11.8 Å². The fourth-order valence-electron chi connectivity index (χ4n) is 3.48. The first kappa shape index (κ1) is 19.6. The number of aromatic nitrogens is 5. The number of hydrogen-bond acceptors (Lipinski definition) is 6. The molecule has 0 aliphatic heterocycles. The summed E-state index contributed by atoms with van der Waals surface area (Å²) < 4.78 is 9.36. The normalized spacial score (nSPS) is 11.7. The molecule has 0 spiro atoms. The van der Waals surface area contributed by atoms with Gasteiger partial charge in [0.25, 0.3) is 5.56 Å². The van der Waals surface area contributed by atoms with Gasteiger partial charge in [0.2, 0.25) is 11.7 Å². The van der Waals surface area contributed by atoms with Gasteiger partial charge in [-0.2, -0.15) is 0 Å². The van der Waals surface area contributed by atoms with Crippen molar-refractivity contribution >= 4 is 28.4 Å². The van der Waals surface area contributed by atoms with E-state index in [-0.39, 0.29) is 11.5 Å². The Balaban J connectivity index is 1.65. The van der Waals surface area contributed by atoms with E-state index < -0.39 is 0 Å². The van der Waals surface area contributed by atoms with Crippen molar-refractivity contribution in [3.63, 3.8) is 0 Å². The van der Waals surface area contributed by atoms with Gasteiger partial charge in [-0.25, -0.2) is 9.55 Å². The zero-order valence-corrected chi connectivity index (χ0v) is 18.3. The highest BCUT2D eigenvalue weighted by Crippen LogP contribution is 2.26. The predicted molar refractivity (Wildman–Crippen MR) is 121 cm³/mol. The summed E-state index contributed by atoms with van der Waals surface area (Å²) in [7, 11) is 0. The molecule has 0 saturated heterocycles. The zero-order chi connectivity index (χ0) is 21.5. The maximum atomic E-state index is 13.3. The van der Waals surface area contributed by atoms with E-state index in [1.54, 1.807) is 10.8 Å². The first-order chi connectivity index (χ1) is 15.0. The standard InChI is InChI=1S/C23H21N5O2S/c1-14(2)19-12-24-20(30-19)13-31-23-26-25-22-27(16-10-8-15(3)9-11-16)21(29)17-6-4-5-7-18(17)28(22)23/h4-12,14H,13H2,1-3H3. The number of fused-ring (bicyclic) bond motifs is 3. The van der Waals surface area contributed by atoms with Crippen LogP contribution in [0, 0.1) is 6.92 Å². The van der Waals surface area contributed by atoms with Crippen LogP contribution in [0.2, 0.25) is 0 Å². The Kier molecular flexibility index (Phi) is 4.86. The molecule has 156 valence electrons. The summed E-state index contributed by atoms with van der Waals surface area (Å²) in [5, 5.41) is 10.1. The Morgan fingerprint density at radius 3 is 2.58 bits per heavy atom. The van der Waals surface area contributed by atoms with E-state index in [4.69, 9.17) is 4.42 Å². The first-order valence-corrected chi connectivity index (χ1v) is 11.0. The van der Waals surface area contributed by atoms with Crippen LogP contribution in [0.4, 0.5) is 0 Å². The Morgan fingerprint density at radius 1 is 1.06 bits per heavy atom. The smallest absolute Gasteiger partial charge is 0.267 e. The first-order valence-electron chi connectivity index (χ1n) is 10.1. The predicted octanol–water partition coefficient (Wildman–Crippen LogP) is 4.75. The lowest BCUT2D eigenvalue weighted by atomic mass is 10.2. The second-order valence-corrected chi connectivity index (χ2v) is 8.65. The lowest BCUT2D eigenvalue weighted by Gasteiger charge is -2.11. The molecule has 8 heteroatoms. The van der Waals surface area contributed by atoms with E-state index in [1.165, 1.54) is 11.8 Å². The molecule has 0 N–H and O–H groups in total. The van der Waals surface area contributed by atoms with Crippen molar-refractivity contribution in [2.45, 2.75) is 37.6 Å². The van der Waals surface area contributed by atoms with Crippen molar-refractivity contribution in [2.24, 2.45) is 0 Å². The van der Waals surface area contributed by atoms with Crippen LogP contribution in [-0.4, -0.2) is 24.1 Å². The molecule has 0 bridgehead atoms. The summed E-state index contributed by atoms with van der Waals surface area (Å²) in [4.78, 5) is 17.7. The van der Waals surface area contributed by atoms with Gasteiger partial charge in [-0.05, 0) is 31.2 Å². The van der Waals surface area contributed by atoms with Crippen LogP contribution < -0.4 is 5.56 Å². The minimum Gasteiger partial charge on any atom is -0.445 e. The van der Waals surface area contributed by atoms with Crippen molar-refractivity contribution in [1.82, 2.24) is 24.1 Å². The molecule has 0 unspecified atom stereocenters. The van der Waals surface area contributed by atoms with Crippen LogP contribution in [0.3, 0.4) is 0 Å². The Labute approximate surface area is 182 Å². The third-order valence-electron chi connectivity index (χ3n) is 5.15. The Bertz CT molecular complexity index is 1450. The molecular weight excluding hydrogens is 410 g/mol. The monoisotopic (exact) mass is 431 g/mol. The van der Waals surface area contributed by atoms with Crippen molar-refractivity contribution in [2.75, 3.05) is 0 Å². The molecule has 7 nitrogen and oxygen atoms in total. The fraction of sp³-hybridized carbons (Fsp3) is 0.217. The zero-order valence-electron chi connectivity index (χ0n) is 17.4. The third kappa shape index (κ3) is 3.42. The van der Waals surface area contributed by atoms with Crippen LogP contribution in [-0.2, 0) is 5.75 Å². The average Bonchev–Trinajstić information content (AvgIpc) is 3.41. The van der Waals surface area contributed by atoms with E-state index >= 15 is 0 Å². The molecule has 0 radical (unpaired) electrons. The lowest BCUT2D eigenvalue weighted by Crippen LogP contribution is -2.21. The fourth-order valence-corrected chi connectivity index (χ4v) is 4.28. The molecule has 0 fully saturated rings. The number of oxazole rings is 1. The number of aryl methyl sites for hydroxylation is 1. The molecule has 31 heavy (non-hydrogen) atoms. The number of rotatable bonds is 5. The second kappa shape index (κ2) is 7.70. The highest BCUT2D eigenvalue weighted by atomic mass is 32.2. The van der Waals surface area contributed by atoms with E-state index in [9.17, 15) is 4.79 Å². The van der Waals surface area contributed by atoms with Crippen LogP contribution in [0.25, 0.3) is 22.4 Å². The number of thioether (sulfide) groups is 1. The summed E-state index contributed by atoms with van der Waals surface area (Å²) in [5.74, 6) is 2.78. The van der Waals surface area contributed by atoms with Crippen LogP contribution in [0.1, 0.15) is 37.0 Å². The number of hydrogen-bond donors (Lipinski definition) is 0. The van der Waals surface area contributed by atoms with Gasteiger partial charge in [0, 0.05) is 5.92 Å². The van der Waals surface area contributed by atoms with Gasteiger partial charge in [-0.1, -0.05) is 55.4 Å². The minimum atomic E-state index is -0.120. The van der Waals surface area contributed by atoms with Gasteiger partial charge >= 0.3 is 0 Å². The van der Waals surface area contributed by atoms with Gasteiger partial charge in [0.05, 0.1) is 28.5 Å². The van der Waals surface area contributed by atoms with Gasteiger partial charge in [-0.3, -0.25) is 9.20 Å². The summed E-state index contributed by atoms with van der Waals surface area (Å²) >= 11 is 1.48. The van der Waals surface area contributed by atoms with Gasteiger partial charge < -0.3 is 4.42 Å². The molecule has 2 aromatic carbocycles. The summed E-state index contributed by atoms with van der Waals surface area (Å²) in [6.07, 6.45) is 1.77. The highest BCUT2D eigenvalue weighted by molar-refractivity contribution is 7.98. The SMILES string of the molecule is Cc1ccc(-n2c(=O)c3ccccc3n3c(SCc4ncc(C(C)C)o4)nnc23)cc1. The molecule has 0 saturated carbocycles. The minimum absolute atomic E-state index is 0.120. The molecule has 5 aromatic rings. The van der Waals surface area contributed by atoms with Crippen molar-refractivity contribution in [3.05, 3.63) is 82.3 Å². The number of benzene rings is 2. The highest BCUT2D eigenvalue weighted by Gasteiger charge is 2.18. The average molecular weight is 432 g/mol. The summed E-state index contributed by atoms with van der Waals surface area (Å²) in [5.41, 5.74) is 2.53. The van der Waals surface area contributed by atoms with Crippen LogP contribution in [0.5, 0.6) is 0 Å². The second-order valence-electron chi connectivity index (χ2n) is 7.71. The van der Waals surface area contributed by atoms with Crippen molar-refractivity contribution in [3.8, 4) is 5.69 Å². The van der Waals surface area contributed by atoms with Crippen LogP contribution in [0.15, 0.2) is 69.1 Å². The third-order valence-corrected chi connectivity index (χ3v) is 6.07. The number of nitrogens with zero attached hydrogens (tertiary/aromatic N) is 5. The van der Waals surface area contributed by atoms with Gasteiger partial charge in [-0.15, -0.1) is 10.2 Å². The quantitative estimate of drug-likeness (QED) is 0.374. The maximum Gasteiger partial charge on any atom is 0.267 e. The molecule has 3 heterocycles. The molecule has 0 atom stereocenters. The molecule has 0 aliphatic carbocycles. The molecule has 3 aromatic heterocycles. The van der Waals surface area contributed by atoms with Gasteiger partial charge in [0.15, 0.2) is 5.16 Å². The van der Waals surface area contributed by atoms with E-state index in [2.05, 4.69) is 29.0 Å². The van der Waals surface area contributed by atoms with E-state index in [0.717, 1.165) is 22.5 Å². The van der Waals surface area contributed by atoms with E-state index in [0.29, 0.717) is 28.0 Å². The molecule has 5 rings (SSSR count). The largest absolute Gasteiger partial charge is 0.445 e. The summed E-state index contributed by atoms with van der Waals surface area (Å²) in [6.45, 7) is 6.15. The molecule has 0 aliphatic rings. The summed E-state index contributed by atoms with van der Waals surface area (Å²) in [6, 6.07) is 15.3. The van der Waals surface area contributed by atoms with E-state index in [1.807, 2.05) is 59.9 Å². The molecule has 0 amide bonds. The number of para-hydroxylation sites is 1. The maximum absolute atomic E-state index is 13.3.